The van der Waals surface area contributed by atoms with E-state index in [1.807, 2.05) is 23.2 Å². The summed E-state index contributed by atoms with van der Waals surface area (Å²) in [6, 6.07) is 6.71. The van der Waals surface area contributed by atoms with Crippen LogP contribution in [-0.2, 0) is 13.0 Å². The molecule has 1 aliphatic rings. The van der Waals surface area contributed by atoms with Gasteiger partial charge in [0.2, 0.25) is 0 Å². The van der Waals surface area contributed by atoms with Crippen molar-refractivity contribution in [3.05, 3.63) is 53.4 Å². The first-order valence-electron chi connectivity index (χ1n) is 10.2. The molecule has 5 nitrogen and oxygen atoms in total. The highest BCUT2D eigenvalue weighted by molar-refractivity contribution is 5.74. The molecule has 0 spiro atoms. The zero-order valence-corrected chi connectivity index (χ0v) is 17.1. The Labute approximate surface area is 167 Å². The summed E-state index contributed by atoms with van der Waals surface area (Å²) < 4.78 is 15.4. The van der Waals surface area contributed by atoms with Gasteiger partial charge in [0, 0.05) is 44.5 Å². The number of halogens is 1. The number of hydrogen-bond donors (Lipinski definition) is 1. The molecule has 1 aromatic carbocycles. The van der Waals surface area contributed by atoms with E-state index in [2.05, 4.69) is 35.6 Å². The van der Waals surface area contributed by atoms with E-state index < -0.39 is 0 Å². The van der Waals surface area contributed by atoms with Gasteiger partial charge in [-0.15, -0.1) is 0 Å². The first-order valence-corrected chi connectivity index (χ1v) is 10.2. The van der Waals surface area contributed by atoms with E-state index in [-0.39, 0.29) is 11.8 Å². The van der Waals surface area contributed by atoms with Crippen LogP contribution in [0, 0.1) is 24.6 Å². The van der Waals surface area contributed by atoms with Gasteiger partial charge < -0.3 is 14.8 Å². The Morgan fingerprint density at radius 3 is 2.57 bits per heavy atom. The molecular formula is C22H31FN4O. The van der Waals surface area contributed by atoms with Crippen LogP contribution in [0.5, 0.6) is 0 Å². The minimum Gasteiger partial charge on any atom is -0.338 e. The van der Waals surface area contributed by atoms with Crippen LogP contribution < -0.4 is 5.32 Å². The Morgan fingerprint density at radius 1 is 1.25 bits per heavy atom. The molecule has 0 saturated carbocycles. The highest BCUT2D eigenvalue weighted by Gasteiger charge is 2.24. The number of urea groups is 1. The standard InChI is InChI=1S/C22H31FN4O/c1-16(2)13-25-22(28)26-10-8-18(9-11-26)12-21-24-14-17(3)27(21)15-19-4-6-20(23)7-5-19/h4-7,14,16,18H,8-13,15H2,1-3H3,(H,25,28). The van der Waals surface area contributed by atoms with Gasteiger partial charge in [0.15, 0.2) is 0 Å². The van der Waals surface area contributed by atoms with E-state index in [4.69, 9.17) is 0 Å². The van der Waals surface area contributed by atoms with Gasteiger partial charge in [-0.3, -0.25) is 0 Å². The maximum Gasteiger partial charge on any atom is 0.317 e. The smallest absolute Gasteiger partial charge is 0.317 e. The second-order valence-corrected chi connectivity index (χ2v) is 8.24. The quantitative estimate of drug-likeness (QED) is 0.816. The Balaban J connectivity index is 1.55. The van der Waals surface area contributed by atoms with Gasteiger partial charge in [-0.05, 0) is 49.3 Å². The summed E-state index contributed by atoms with van der Waals surface area (Å²) in [4.78, 5) is 18.8. The van der Waals surface area contributed by atoms with Crippen LogP contribution in [0.25, 0.3) is 0 Å². The second-order valence-electron chi connectivity index (χ2n) is 8.24. The van der Waals surface area contributed by atoms with E-state index in [0.717, 1.165) is 56.0 Å². The number of amides is 2. The molecule has 2 amide bonds. The van der Waals surface area contributed by atoms with Crippen molar-refractivity contribution in [1.29, 1.82) is 0 Å². The minimum absolute atomic E-state index is 0.0563. The van der Waals surface area contributed by atoms with Crippen molar-refractivity contribution < 1.29 is 9.18 Å². The predicted molar refractivity (Wildman–Crippen MR) is 109 cm³/mol. The lowest BCUT2D eigenvalue weighted by molar-refractivity contribution is 0.168. The molecule has 1 N–H and O–H groups in total. The number of hydrogen-bond acceptors (Lipinski definition) is 2. The minimum atomic E-state index is -0.212. The number of benzene rings is 1. The summed E-state index contributed by atoms with van der Waals surface area (Å²) >= 11 is 0. The Hall–Kier alpha value is -2.37. The van der Waals surface area contributed by atoms with Crippen molar-refractivity contribution in [2.75, 3.05) is 19.6 Å². The number of rotatable bonds is 6. The van der Waals surface area contributed by atoms with Gasteiger partial charge in [0.05, 0.1) is 0 Å². The molecule has 2 heterocycles. The highest BCUT2D eigenvalue weighted by atomic mass is 19.1. The number of aryl methyl sites for hydroxylation is 1. The van der Waals surface area contributed by atoms with Crippen molar-refractivity contribution in [1.82, 2.24) is 19.8 Å². The van der Waals surface area contributed by atoms with Gasteiger partial charge in [-0.25, -0.2) is 14.2 Å². The molecule has 6 heteroatoms. The lowest BCUT2D eigenvalue weighted by Gasteiger charge is -2.32. The second kappa shape index (κ2) is 9.22. The van der Waals surface area contributed by atoms with Crippen LogP contribution in [0.1, 0.15) is 43.8 Å². The molecule has 0 unspecified atom stereocenters. The molecule has 0 aliphatic carbocycles. The number of piperidine rings is 1. The van der Waals surface area contributed by atoms with Crippen molar-refractivity contribution >= 4 is 6.03 Å². The van der Waals surface area contributed by atoms with Crippen molar-refractivity contribution in [3.63, 3.8) is 0 Å². The predicted octanol–water partition coefficient (Wildman–Crippen LogP) is 4.00. The van der Waals surface area contributed by atoms with E-state index in [0.29, 0.717) is 18.4 Å². The summed E-state index contributed by atoms with van der Waals surface area (Å²) in [5.74, 6) is 1.85. The van der Waals surface area contributed by atoms with Crippen LogP contribution in [0.2, 0.25) is 0 Å². The number of imidazole rings is 1. The zero-order chi connectivity index (χ0) is 20.1. The van der Waals surface area contributed by atoms with Crippen LogP contribution in [0.3, 0.4) is 0 Å². The van der Waals surface area contributed by atoms with Gasteiger partial charge in [-0.1, -0.05) is 26.0 Å². The van der Waals surface area contributed by atoms with Gasteiger partial charge in [0.1, 0.15) is 11.6 Å². The molecule has 0 atom stereocenters. The number of nitrogens with zero attached hydrogens (tertiary/aromatic N) is 3. The van der Waals surface area contributed by atoms with E-state index in [1.165, 1.54) is 12.1 Å². The summed E-state index contributed by atoms with van der Waals surface area (Å²) in [7, 11) is 0. The summed E-state index contributed by atoms with van der Waals surface area (Å²) in [6.07, 6.45) is 4.82. The van der Waals surface area contributed by atoms with Crippen LogP contribution in [-0.4, -0.2) is 40.1 Å². The topological polar surface area (TPSA) is 50.2 Å². The van der Waals surface area contributed by atoms with E-state index in [9.17, 15) is 9.18 Å². The van der Waals surface area contributed by atoms with Gasteiger partial charge >= 0.3 is 6.03 Å². The third kappa shape index (κ3) is 5.33. The Kier molecular flexibility index (Phi) is 6.70. The monoisotopic (exact) mass is 386 g/mol. The number of carbonyl (C=O) groups excluding carboxylic acids is 1. The normalized spacial score (nSPS) is 15.2. The third-order valence-electron chi connectivity index (χ3n) is 5.43. The summed E-state index contributed by atoms with van der Waals surface area (Å²) in [5, 5.41) is 3.00. The Bertz CT molecular complexity index is 776. The first-order chi connectivity index (χ1) is 13.4. The fraction of sp³-hybridized carbons (Fsp3) is 0.545. The maximum absolute atomic E-state index is 13.2. The maximum atomic E-state index is 13.2. The molecule has 152 valence electrons. The third-order valence-corrected chi connectivity index (χ3v) is 5.43. The lowest BCUT2D eigenvalue weighted by atomic mass is 9.93. The fourth-order valence-electron chi connectivity index (χ4n) is 3.66. The van der Waals surface area contributed by atoms with Gasteiger partial charge in [0.25, 0.3) is 0 Å². The molecule has 1 aliphatic heterocycles. The molecule has 2 aromatic rings. The van der Waals surface area contributed by atoms with Gasteiger partial charge in [-0.2, -0.15) is 0 Å². The number of likely N-dealkylation sites (tertiary alicyclic amines) is 1. The molecule has 28 heavy (non-hydrogen) atoms. The average molecular weight is 387 g/mol. The number of nitrogens with one attached hydrogen (secondary N) is 1. The summed E-state index contributed by atoms with van der Waals surface area (Å²) in [6.45, 7) is 9.28. The molecule has 0 bridgehead atoms. The molecule has 0 radical (unpaired) electrons. The summed E-state index contributed by atoms with van der Waals surface area (Å²) in [5.41, 5.74) is 2.19. The number of aromatic nitrogens is 2. The number of carbonyl (C=O) groups is 1. The van der Waals surface area contributed by atoms with E-state index >= 15 is 0 Å². The van der Waals surface area contributed by atoms with Crippen LogP contribution in [0.15, 0.2) is 30.5 Å². The highest BCUT2D eigenvalue weighted by Crippen LogP contribution is 2.22. The first kappa shape index (κ1) is 20.4. The van der Waals surface area contributed by atoms with Crippen LogP contribution >= 0.6 is 0 Å². The Morgan fingerprint density at radius 2 is 1.93 bits per heavy atom. The molecule has 1 aromatic heterocycles. The molecule has 3 rings (SSSR count). The van der Waals surface area contributed by atoms with Crippen molar-refractivity contribution in [2.45, 2.75) is 46.6 Å². The SMILES string of the molecule is Cc1cnc(CC2CCN(C(=O)NCC(C)C)CC2)n1Cc1ccc(F)cc1. The molecule has 1 fully saturated rings. The van der Waals surface area contributed by atoms with Crippen molar-refractivity contribution in [2.24, 2.45) is 11.8 Å². The average Bonchev–Trinajstić information content (AvgIpc) is 3.02. The zero-order valence-electron chi connectivity index (χ0n) is 17.1. The van der Waals surface area contributed by atoms with Crippen LogP contribution in [0.4, 0.5) is 9.18 Å². The molecule has 1 saturated heterocycles. The van der Waals surface area contributed by atoms with E-state index in [1.54, 1.807) is 0 Å². The largest absolute Gasteiger partial charge is 0.338 e. The molecular weight excluding hydrogens is 355 g/mol. The van der Waals surface area contributed by atoms with Crippen molar-refractivity contribution in [3.8, 4) is 0 Å². The fourth-order valence-corrected chi connectivity index (χ4v) is 3.66. The lowest BCUT2D eigenvalue weighted by Crippen LogP contribution is -2.45.